The molecule has 31 heavy (non-hydrogen) atoms. The number of nitrogens with one attached hydrogen (secondary N) is 1. The number of hydrogen-bond donors (Lipinski definition) is 1. The lowest BCUT2D eigenvalue weighted by Gasteiger charge is -2.11. The zero-order valence-electron chi connectivity index (χ0n) is 15.8. The number of hydrogen-bond acceptors (Lipinski definition) is 5. The first-order valence-corrected chi connectivity index (χ1v) is 10.1. The standard InChI is InChI=1S/C22H13Cl3N4O2/c23-14-7-13(11-26)8-16(9-14)31-20-10-15(4-5-17(20)24)30-12-19-21(25)22(29-28-19)18-3-1-2-6-27-18/h1-10H,12H2,(H,28,29). The van der Waals surface area contributed by atoms with E-state index in [1.54, 1.807) is 42.6 Å². The molecule has 6 nitrogen and oxygen atoms in total. The maximum Gasteiger partial charge on any atom is 0.149 e. The Hall–Kier alpha value is -3.24. The molecular weight excluding hydrogens is 459 g/mol. The van der Waals surface area contributed by atoms with Gasteiger partial charge in [-0.05, 0) is 42.5 Å². The van der Waals surface area contributed by atoms with Crippen molar-refractivity contribution in [1.82, 2.24) is 15.2 Å². The fraction of sp³-hybridized carbons (Fsp3) is 0.0455. The number of H-pyrrole nitrogens is 1. The first-order valence-electron chi connectivity index (χ1n) is 8.98. The van der Waals surface area contributed by atoms with E-state index in [0.29, 0.717) is 55.0 Å². The van der Waals surface area contributed by atoms with Crippen LogP contribution in [-0.4, -0.2) is 15.2 Å². The van der Waals surface area contributed by atoms with Crippen molar-refractivity contribution in [2.24, 2.45) is 0 Å². The Morgan fingerprint density at radius 3 is 2.65 bits per heavy atom. The van der Waals surface area contributed by atoms with Gasteiger partial charge in [0.05, 0.1) is 33.1 Å². The van der Waals surface area contributed by atoms with Crippen LogP contribution < -0.4 is 9.47 Å². The minimum atomic E-state index is 0.148. The van der Waals surface area contributed by atoms with E-state index in [1.165, 1.54) is 0 Å². The van der Waals surface area contributed by atoms with Crippen LogP contribution >= 0.6 is 34.8 Å². The second kappa shape index (κ2) is 9.27. The number of aromatic nitrogens is 3. The first-order chi connectivity index (χ1) is 15.0. The quantitative estimate of drug-likeness (QED) is 0.339. The molecule has 2 heterocycles. The molecule has 0 fully saturated rings. The second-order valence-electron chi connectivity index (χ2n) is 6.35. The molecule has 0 amide bonds. The molecule has 0 bridgehead atoms. The van der Waals surface area contributed by atoms with Crippen LogP contribution in [0.1, 0.15) is 11.3 Å². The van der Waals surface area contributed by atoms with Gasteiger partial charge in [-0.2, -0.15) is 10.4 Å². The maximum atomic E-state index is 9.09. The predicted octanol–water partition coefficient (Wildman–Crippen LogP) is 6.67. The van der Waals surface area contributed by atoms with Crippen molar-refractivity contribution in [3.05, 3.63) is 87.1 Å². The summed E-state index contributed by atoms with van der Waals surface area (Å²) in [6, 6.07) is 17.2. The zero-order valence-corrected chi connectivity index (χ0v) is 18.0. The summed E-state index contributed by atoms with van der Waals surface area (Å²) in [5.41, 5.74) is 2.20. The van der Waals surface area contributed by atoms with Crippen LogP contribution in [0.4, 0.5) is 0 Å². The van der Waals surface area contributed by atoms with E-state index in [2.05, 4.69) is 15.2 Å². The highest BCUT2D eigenvalue weighted by molar-refractivity contribution is 6.33. The maximum absolute atomic E-state index is 9.09. The summed E-state index contributed by atoms with van der Waals surface area (Å²) in [7, 11) is 0. The fourth-order valence-electron chi connectivity index (χ4n) is 2.75. The van der Waals surface area contributed by atoms with E-state index in [4.69, 9.17) is 49.5 Å². The van der Waals surface area contributed by atoms with Gasteiger partial charge in [0.1, 0.15) is 29.5 Å². The number of rotatable bonds is 6. The molecule has 0 atom stereocenters. The van der Waals surface area contributed by atoms with Gasteiger partial charge >= 0.3 is 0 Å². The van der Waals surface area contributed by atoms with Gasteiger partial charge in [-0.1, -0.05) is 40.9 Å². The molecule has 2 aromatic heterocycles. The van der Waals surface area contributed by atoms with Gasteiger partial charge in [0.25, 0.3) is 0 Å². The van der Waals surface area contributed by atoms with E-state index in [-0.39, 0.29) is 6.61 Å². The van der Waals surface area contributed by atoms with Crippen LogP contribution in [0.25, 0.3) is 11.4 Å². The summed E-state index contributed by atoms with van der Waals surface area (Å²) in [6.45, 7) is 0.148. The third kappa shape index (κ3) is 4.92. The molecule has 0 radical (unpaired) electrons. The van der Waals surface area contributed by atoms with Crippen LogP contribution in [-0.2, 0) is 6.61 Å². The highest BCUT2D eigenvalue weighted by Gasteiger charge is 2.15. The lowest BCUT2D eigenvalue weighted by atomic mass is 10.2. The van der Waals surface area contributed by atoms with Crippen molar-refractivity contribution in [3.8, 4) is 34.7 Å². The largest absolute Gasteiger partial charge is 0.487 e. The highest BCUT2D eigenvalue weighted by Crippen LogP contribution is 2.35. The topological polar surface area (TPSA) is 83.8 Å². The monoisotopic (exact) mass is 470 g/mol. The third-order valence-corrected chi connectivity index (χ3v) is 5.13. The van der Waals surface area contributed by atoms with Gasteiger partial charge in [-0.3, -0.25) is 10.1 Å². The number of ether oxygens (including phenoxy) is 2. The summed E-state index contributed by atoms with van der Waals surface area (Å²) >= 11 is 18.7. The van der Waals surface area contributed by atoms with E-state index in [1.807, 2.05) is 24.3 Å². The van der Waals surface area contributed by atoms with Crippen molar-refractivity contribution in [3.63, 3.8) is 0 Å². The van der Waals surface area contributed by atoms with Crippen molar-refractivity contribution in [2.45, 2.75) is 6.61 Å². The summed E-state index contributed by atoms with van der Waals surface area (Å²) in [4.78, 5) is 4.25. The zero-order chi connectivity index (χ0) is 21.8. The Balaban J connectivity index is 1.50. The Morgan fingerprint density at radius 1 is 1.00 bits per heavy atom. The predicted molar refractivity (Wildman–Crippen MR) is 119 cm³/mol. The van der Waals surface area contributed by atoms with Gasteiger partial charge in [0.15, 0.2) is 0 Å². The molecular formula is C22H13Cl3N4O2. The molecule has 0 unspecified atom stereocenters. The lowest BCUT2D eigenvalue weighted by Crippen LogP contribution is -1.97. The Morgan fingerprint density at radius 2 is 1.87 bits per heavy atom. The van der Waals surface area contributed by atoms with E-state index in [0.717, 1.165) is 0 Å². The van der Waals surface area contributed by atoms with Crippen LogP contribution in [0.2, 0.25) is 15.1 Å². The van der Waals surface area contributed by atoms with Gasteiger partial charge in [-0.15, -0.1) is 0 Å². The molecule has 0 saturated heterocycles. The lowest BCUT2D eigenvalue weighted by molar-refractivity contribution is 0.300. The van der Waals surface area contributed by atoms with E-state index >= 15 is 0 Å². The van der Waals surface area contributed by atoms with Crippen LogP contribution in [0.3, 0.4) is 0 Å². The number of pyridine rings is 1. The first kappa shape index (κ1) is 21.0. The number of halogens is 3. The molecule has 0 aliphatic carbocycles. The molecule has 2 aromatic carbocycles. The minimum absolute atomic E-state index is 0.148. The van der Waals surface area contributed by atoms with Crippen LogP contribution in [0.15, 0.2) is 60.8 Å². The van der Waals surface area contributed by atoms with Crippen LogP contribution in [0.5, 0.6) is 17.2 Å². The SMILES string of the molecule is N#Cc1cc(Cl)cc(Oc2cc(OCc3[nH]nc(-c4ccccn4)c3Cl)ccc2Cl)c1. The van der Waals surface area contributed by atoms with Gasteiger partial charge in [0, 0.05) is 17.3 Å². The molecule has 0 spiro atoms. The minimum Gasteiger partial charge on any atom is -0.487 e. The number of benzene rings is 2. The third-order valence-electron chi connectivity index (χ3n) is 4.20. The summed E-state index contributed by atoms with van der Waals surface area (Å²) < 4.78 is 11.6. The summed E-state index contributed by atoms with van der Waals surface area (Å²) in [6.07, 6.45) is 1.67. The van der Waals surface area contributed by atoms with Crippen LogP contribution in [0, 0.1) is 11.3 Å². The summed E-state index contributed by atoms with van der Waals surface area (Å²) in [5, 5.41) is 17.4. The average Bonchev–Trinajstić information content (AvgIpc) is 3.14. The Kier molecular flexibility index (Phi) is 6.28. The molecule has 9 heteroatoms. The van der Waals surface area contributed by atoms with Crippen molar-refractivity contribution < 1.29 is 9.47 Å². The van der Waals surface area contributed by atoms with E-state index < -0.39 is 0 Å². The fourth-order valence-corrected chi connectivity index (χ4v) is 3.37. The number of nitrogens with zero attached hydrogens (tertiary/aromatic N) is 3. The van der Waals surface area contributed by atoms with Gasteiger partial charge < -0.3 is 9.47 Å². The number of nitriles is 1. The Bertz CT molecular complexity index is 1270. The average molecular weight is 472 g/mol. The normalized spacial score (nSPS) is 10.5. The number of aromatic amines is 1. The van der Waals surface area contributed by atoms with Crippen molar-refractivity contribution in [2.75, 3.05) is 0 Å². The van der Waals surface area contributed by atoms with Crippen molar-refractivity contribution >= 4 is 34.8 Å². The Labute approximate surface area is 192 Å². The molecule has 0 aliphatic heterocycles. The van der Waals surface area contributed by atoms with Gasteiger partial charge in [-0.25, -0.2) is 0 Å². The highest BCUT2D eigenvalue weighted by atomic mass is 35.5. The second-order valence-corrected chi connectivity index (χ2v) is 7.57. The molecule has 1 N–H and O–H groups in total. The molecule has 4 rings (SSSR count). The van der Waals surface area contributed by atoms with Crippen molar-refractivity contribution in [1.29, 1.82) is 5.26 Å². The molecule has 0 aliphatic rings. The molecule has 4 aromatic rings. The smallest absolute Gasteiger partial charge is 0.149 e. The molecule has 0 saturated carbocycles. The molecule has 154 valence electrons. The van der Waals surface area contributed by atoms with E-state index in [9.17, 15) is 0 Å². The van der Waals surface area contributed by atoms with Gasteiger partial charge in [0.2, 0.25) is 0 Å². The summed E-state index contributed by atoms with van der Waals surface area (Å²) in [5.74, 6) is 1.25.